The summed E-state index contributed by atoms with van der Waals surface area (Å²) < 4.78 is 32.9. The van der Waals surface area contributed by atoms with Crippen LogP contribution in [0.3, 0.4) is 0 Å². The first kappa shape index (κ1) is 30.8. The predicted octanol–water partition coefficient (Wildman–Crippen LogP) is 2.67. The van der Waals surface area contributed by atoms with Crippen LogP contribution < -0.4 is 20.9 Å². The molecule has 0 saturated carbocycles. The number of rotatable bonds is 12. The number of hydrogen-bond acceptors (Lipinski definition) is 8. The minimum Gasteiger partial charge on any atom is -0.497 e. The van der Waals surface area contributed by atoms with Crippen LogP contribution in [0.25, 0.3) is 0 Å². The number of allylic oxidation sites excluding steroid dienone is 2. The molecule has 1 saturated heterocycles. The van der Waals surface area contributed by atoms with E-state index in [4.69, 9.17) is 4.74 Å². The summed E-state index contributed by atoms with van der Waals surface area (Å²) in [6.07, 6.45) is 4.26. The van der Waals surface area contributed by atoms with E-state index < -0.39 is 10.0 Å². The van der Waals surface area contributed by atoms with Gasteiger partial charge in [-0.05, 0) is 87.5 Å². The van der Waals surface area contributed by atoms with Crippen molar-refractivity contribution < 1.29 is 17.9 Å². The number of carbonyl (C=O) groups excluding carboxylic acids is 1. The van der Waals surface area contributed by atoms with Crippen molar-refractivity contribution in [2.45, 2.75) is 58.8 Å². The van der Waals surface area contributed by atoms with Crippen molar-refractivity contribution in [2.24, 2.45) is 5.92 Å². The van der Waals surface area contributed by atoms with E-state index in [9.17, 15) is 13.2 Å². The number of methoxy groups -OCH3 is 1. The lowest BCUT2D eigenvalue weighted by atomic mass is 9.96. The second-order valence-electron chi connectivity index (χ2n) is 10.5. The first-order valence-electron chi connectivity index (χ1n) is 13.8. The summed E-state index contributed by atoms with van der Waals surface area (Å²) >= 11 is 0. The SMILES string of the molecule is CCN(CC)CC1CCN(C2=C(C)C=C(NC(=O)CCN(C)S(=O)(=O)c3c(C)cc(OC)cc3C)NN2)CC1. The van der Waals surface area contributed by atoms with Crippen LogP contribution in [0.1, 0.15) is 51.2 Å². The Balaban J connectivity index is 1.54. The van der Waals surface area contributed by atoms with E-state index in [1.165, 1.54) is 11.4 Å². The zero-order chi connectivity index (χ0) is 28.7. The Morgan fingerprint density at radius 3 is 2.26 bits per heavy atom. The van der Waals surface area contributed by atoms with Crippen LogP contribution in [0.15, 0.2) is 40.3 Å². The third kappa shape index (κ3) is 7.67. The summed E-state index contributed by atoms with van der Waals surface area (Å²) in [5, 5.41) is 2.85. The Bertz CT molecular complexity index is 1160. The van der Waals surface area contributed by atoms with Gasteiger partial charge in [-0.15, -0.1) is 0 Å². The molecular formula is C28H46N6O4S. The number of sulfonamides is 1. The second-order valence-corrected chi connectivity index (χ2v) is 12.5. The van der Waals surface area contributed by atoms with Crippen LogP contribution >= 0.6 is 0 Å². The molecule has 11 heteroatoms. The number of ether oxygens (including phenoxy) is 1. The fourth-order valence-electron chi connectivity index (χ4n) is 5.31. The second kappa shape index (κ2) is 13.5. The summed E-state index contributed by atoms with van der Waals surface area (Å²) in [6.45, 7) is 15.4. The van der Waals surface area contributed by atoms with Gasteiger partial charge in [-0.1, -0.05) is 13.8 Å². The van der Waals surface area contributed by atoms with Gasteiger partial charge in [-0.3, -0.25) is 15.6 Å². The molecular weight excluding hydrogens is 516 g/mol. The number of nitrogens with zero attached hydrogens (tertiary/aromatic N) is 3. The van der Waals surface area contributed by atoms with Crippen LogP contribution in [0.2, 0.25) is 0 Å². The van der Waals surface area contributed by atoms with Gasteiger partial charge in [0.15, 0.2) is 0 Å². The molecule has 3 rings (SSSR count). The zero-order valence-electron chi connectivity index (χ0n) is 24.6. The highest BCUT2D eigenvalue weighted by atomic mass is 32.2. The molecule has 1 aromatic rings. The largest absolute Gasteiger partial charge is 0.497 e. The third-order valence-electron chi connectivity index (χ3n) is 7.66. The maximum absolute atomic E-state index is 13.2. The summed E-state index contributed by atoms with van der Waals surface area (Å²) in [6, 6.07) is 3.40. The lowest BCUT2D eigenvalue weighted by Crippen LogP contribution is -2.48. The average molecular weight is 563 g/mol. The Kier molecular flexibility index (Phi) is 10.7. The third-order valence-corrected chi connectivity index (χ3v) is 9.82. The lowest BCUT2D eigenvalue weighted by molar-refractivity contribution is -0.120. The van der Waals surface area contributed by atoms with Gasteiger partial charge < -0.3 is 19.9 Å². The van der Waals surface area contributed by atoms with Crippen molar-refractivity contribution in [1.82, 2.24) is 30.3 Å². The van der Waals surface area contributed by atoms with E-state index in [2.05, 4.69) is 39.8 Å². The van der Waals surface area contributed by atoms with Gasteiger partial charge in [0.25, 0.3) is 0 Å². The number of carbonyl (C=O) groups is 1. The van der Waals surface area contributed by atoms with E-state index in [0.717, 1.165) is 62.9 Å². The number of hydrogen-bond donors (Lipinski definition) is 3. The maximum atomic E-state index is 13.2. The highest BCUT2D eigenvalue weighted by Gasteiger charge is 2.27. The minimum absolute atomic E-state index is 0.0265. The first-order valence-corrected chi connectivity index (χ1v) is 15.3. The topological polar surface area (TPSA) is 106 Å². The predicted molar refractivity (Wildman–Crippen MR) is 154 cm³/mol. The Labute approximate surface area is 234 Å². The van der Waals surface area contributed by atoms with Gasteiger partial charge in [0, 0.05) is 39.6 Å². The van der Waals surface area contributed by atoms with Gasteiger partial charge in [0.1, 0.15) is 17.4 Å². The van der Waals surface area contributed by atoms with Crippen LogP contribution in [0, 0.1) is 19.8 Å². The van der Waals surface area contributed by atoms with Gasteiger partial charge in [0.2, 0.25) is 15.9 Å². The zero-order valence-corrected chi connectivity index (χ0v) is 25.4. The summed E-state index contributed by atoms with van der Waals surface area (Å²) in [5.74, 6) is 2.65. The standard InChI is InChI=1S/C28H46N6O4S/c1-8-33(9-2)19-23-10-14-34(15-11-23)28-22(5)18-25(30-31-28)29-26(35)12-13-32(6)39(36,37)27-20(3)16-24(38-7)17-21(27)4/h16-18,23,30-31H,8-15,19H2,1-7H3,(H,29,35). The van der Waals surface area contributed by atoms with Crippen LogP contribution in [-0.2, 0) is 14.8 Å². The van der Waals surface area contributed by atoms with Crippen molar-refractivity contribution in [2.75, 3.05) is 53.4 Å². The van der Waals surface area contributed by atoms with Gasteiger partial charge >= 0.3 is 0 Å². The fraction of sp³-hybridized carbons (Fsp3) is 0.607. The number of nitrogens with one attached hydrogen (secondary N) is 3. The van der Waals surface area contributed by atoms with E-state index in [1.807, 2.05) is 13.0 Å². The highest BCUT2D eigenvalue weighted by Crippen LogP contribution is 2.28. The number of aryl methyl sites for hydroxylation is 2. The molecule has 1 amide bonds. The van der Waals surface area contributed by atoms with Crippen molar-refractivity contribution in [3.63, 3.8) is 0 Å². The summed E-state index contributed by atoms with van der Waals surface area (Å²) in [5.41, 5.74) is 8.59. The molecule has 0 bridgehead atoms. The molecule has 10 nitrogen and oxygen atoms in total. The molecule has 39 heavy (non-hydrogen) atoms. The minimum atomic E-state index is -3.76. The van der Waals surface area contributed by atoms with Crippen molar-refractivity contribution in [3.05, 3.63) is 46.6 Å². The molecule has 2 aliphatic heterocycles. The molecule has 2 aliphatic rings. The molecule has 0 aliphatic carbocycles. The normalized spacial score (nSPS) is 16.7. The van der Waals surface area contributed by atoms with Crippen molar-refractivity contribution >= 4 is 15.9 Å². The van der Waals surface area contributed by atoms with Crippen molar-refractivity contribution in [3.8, 4) is 5.75 Å². The smallest absolute Gasteiger partial charge is 0.243 e. The molecule has 0 unspecified atom stereocenters. The number of benzene rings is 1. The molecule has 0 spiro atoms. The Morgan fingerprint density at radius 2 is 1.72 bits per heavy atom. The quantitative estimate of drug-likeness (QED) is 0.357. The number of piperidine rings is 1. The van der Waals surface area contributed by atoms with Gasteiger partial charge in [-0.2, -0.15) is 0 Å². The average Bonchev–Trinajstić information content (AvgIpc) is 2.90. The molecule has 0 radical (unpaired) electrons. The van der Waals surface area contributed by atoms with Crippen LogP contribution in [0.5, 0.6) is 5.75 Å². The molecule has 218 valence electrons. The molecule has 0 aromatic heterocycles. The number of likely N-dealkylation sites (tertiary alicyclic amines) is 1. The number of hydrazine groups is 1. The van der Waals surface area contributed by atoms with E-state index in [0.29, 0.717) is 22.7 Å². The van der Waals surface area contributed by atoms with E-state index in [-0.39, 0.29) is 23.8 Å². The Hall–Kier alpha value is -2.76. The Morgan fingerprint density at radius 1 is 1.10 bits per heavy atom. The molecule has 1 aromatic carbocycles. The van der Waals surface area contributed by atoms with Gasteiger partial charge in [-0.25, -0.2) is 12.7 Å². The molecule has 0 atom stereocenters. The summed E-state index contributed by atoms with van der Waals surface area (Å²) in [4.78, 5) is 17.8. The summed E-state index contributed by atoms with van der Waals surface area (Å²) in [7, 11) is -0.711. The molecule has 2 heterocycles. The first-order chi connectivity index (χ1) is 18.5. The van der Waals surface area contributed by atoms with Gasteiger partial charge in [0.05, 0.1) is 12.0 Å². The maximum Gasteiger partial charge on any atom is 0.243 e. The fourth-order valence-corrected chi connectivity index (χ4v) is 6.89. The number of amides is 1. The monoisotopic (exact) mass is 562 g/mol. The highest BCUT2D eigenvalue weighted by molar-refractivity contribution is 7.89. The lowest BCUT2D eigenvalue weighted by Gasteiger charge is -2.38. The van der Waals surface area contributed by atoms with Crippen LogP contribution in [-0.4, -0.2) is 81.9 Å². The van der Waals surface area contributed by atoms with E-state index in [1.54, 1.807) is 33.1 Å². The van der Waals surface area contributed by atoms with Crippen LogP contribution in [0.4, 0.5) is 0 Å². The molecule has 1 fully saturated rings. The van der Waals surface area contributed by atoms with Crippen molar-refractivity contribution in [1.29, 1.82) is 0 Å². The van der Waals surface area contributed by atoms with E-state index >= 15 is 0 Å². The molecule has 3 N–H and O–H groups in total.